The molecule has 1 atom stereocenters. The van der Waals surface area contributed by atoms with Crippen molar-refractivity contribution in [2.45, 2.75) is 32.4 Å². The minimum atomic E-state index is -1.09. The molecule has 0 aliphatic heterocycles. The SMILES string of the molecule is CC#CCOc1ccc(C(=O)N[C@@H](C(=O)NO)C(C)(C)N)cc1. The van der Waals surface area contributed by atoms with Gasteiger partial charge < -0.3 is 15.8 Å². The predicted molar refractivity (Wildman–Crippen MR) is 84.8 cm³/mol. The lowest BCUT2D eigenvalue weighted by atomic mass is 9.95. The maximum Gasteiger partial charge on any atom is 0.267 e. The average Bonchev–Trinajstić information content (AvgIpc) is 2.51. The molecule has 1 aromatic carbocycles. The van der Waals surface area contributed by atoms with Crippen LogP contribution in [0.3, 0.4) is 0 Å². The quantitative estimate of drug-likeness (QED) is 0.345. The summed E-state index contributed by atoms with van der Waals surface area (Å²) in [5.74, 6) is 4.77. The second-order valence-corrected chi connectivity index (χ2v) is 5.44. The van der Waals surface area contributed by atoms with Crippen molar-refractivity contribution >= 4 is 11.8 Å². The monoisotopic (exact) mass is 319 g/mol. The van der Waals surface area contributed by atoms with Crippen LogP contribution in [0.4, 0.5) is 0 Å². The summed E-state index contributed by atoms with van der Waals surface area (Å²) in [5, 5.41) is 11.3. The molecule has 2 amide bonds. The number of rotatable bonds is 6. The number of nitrogens with one attached hydrogen (secondary N) is 2. The normalized spacial score (nSPS) is 11.7. The lowest BCUT2D eigenvalue weighted by molar-refractivity contribution is -0.132. The molecule has 1 rings (SSSR count). The first-order valence-electron chi connectivity index (χ1n) is 6.95. The van der Waals surface area contributed by atoms with Crippen LogP contribution in [-0.4, -0.2) is 35.2 Å². The zero-order valence-electron chi connectivity index (χ0n) is 13.3. The molecule has 0 bridgehead atoms. The number of ether oxygens (including phenoxy) is 1. The van der Waals surface area contributed by atoms with Gasteiger partial charge in [0.05, 0.1) is 0 Å². The van der Waals surface area contributed by atoms with Gasteiger partial charge >= 0.3 is 0 Å². The fourth-order valence-electron chi connectivity index (χ4n) is 1.76. The van der Waals surface area contributed by atoms with Crippen LogP contribution in [0, 0.1) is 11.8 Å². The third-order valence-electron chi connectivity index (χ3n) is 3.00. The zero-order valence-corrected chi connectivity index (χ0v) is 13.3. The number of hydrogen-bond acceptors (Lipinski definition) is 5. The van der Waals surface area contributed by atoms with E-state index in [-0.39, 0.29) is 6.61 Å². The van der Waals surface area contributed by atoms with E-state index in [0.29, 0.717) is 11.3 Å². The third kappa shape index (κ3) is 5.62. The number of carbonyl (C=O) groups excluding carboxylic acids is 2. The molecule has 0 aliphatic rings. The second kappa shape index (κ2) is 8.17. The number of benzene rings is 1. The fraction of sp³-hybridized carbons (Fsp3) is 0.375. The smallest absolute Gasteiger partial charge is 0.267 e. The molecular weight excluding hydrogens is 298 g/mol. The summed E-state index contributed by atoms with van der Waals surface area (Å²) in [6, 6.07) is 5.28. The fourth-order valence-corrected chi connectivity index (χ4v) is 1.76. The van der Waals surface area contributed by atoms with Gasteiger partial charge in [0.1, 0.15) is 18.4 Å². The highest BCUT2D eigenvalue weighted by Crippen LogP contribution is 2.13. The Morgan fingerprint density at radius 2 is 1.96 bits per heavy atom. The van der Waals surface area contributed by atoms with Gasteiger partial charge in [-0.15, -0.1) is 5.92 Å². The maximum absolute atomic E-state index is 12.2. The van der Waals surface area contributed by atoms with Crippen molar-refractivity contribution in [2.75, 3.05) is 6.61 Å². The summed E-state index contributed by atoms with van der Waals surface area (Å²) >= 11 is 0. The highest BCUT2D eigenvalue weighted by atomic mass is 16.5. The van der Waals surface area contributed by atoms with Crippen molar-refractivity contribution in [1.82, 2.24) is 10.8 Å². The Morgan fingerprint density at radius 1 is 1.35 bits per heavy atom. The molecule has 0 spiro atoms. The first-order valence-corrected chi connectivity index (χ1v) is 6.95. The van der Waals surface area contributed by atoms with Crippen molar-refractivity contribution in [2.24, 2.45) is 5.73 Å². The summed E-state index contributed by atoms with van der Waals surface area (Å²) < 4.78 is 5.35. The molecule has 5 N–H and O–H groups in total. The average molecular weight is 319 g/mol. The molecule has 124 valence electrons. The molecule has 7 nitrogen and oxygen atoms in total. The Kier molecular flexibility index (Phi) is 6.57. The van der Waals surface area contributed by atoms with Crippen LogP contribution in [0.2, 0.25) is 0 Å². The first-order chi connectivity index (χ1) is 10.8. The Labute approximate surface area is 135 Å². The molecule has 23 heavy (non-hydrogen) atoms. The van der Waals surface area contributed by atoms with Gasteiger partial charge in [0, 0.05) is 11.1 Å². The number of hydroxylamine groups is 1. The van der Waals surface area contributed by atoms with Gasteiger partial charge in [-0.05, 0) is 45.0 Å². The Bertz CT molecular complexity index is 609. The van der Waals surface area contributed by atoms with Crippen LogP contribution in [0.15, 0.2) is 24.3 Å². The molecule has 0 aliphatic carbocycles. The molecule has 0 radical (unpaired) electrons. The molecule has 1 aromatic rings. The van der Waals surface area contributed by atoms with Crippen molar-refractivity contribution in [1.29, 1.82) is 0 Å². The highest BCUT2D eigenvalue weighted by molar-refractivity contribution is 5.97. The zero-order chi connectivity index (χ0) is 17.5. The lowest BCUT2D eigenvalue weighted by Gasteiger charge is -2.29. The maximum atomic E-state index is 12.2. The van der Waals surface area contributed by atoms with Gasteiger partial charge in [-0.3, -0.25) is 14.8 Å². The van der Waals surface area contributed by atoms with E-state index < -0.39 is 23.4 Å². The minimum absolute atomic E-state index is 0.266. The standard InChI is InChI=1S/C16H21N3O4/c1-4-5-10-23-12-8-6-11(7-9-12)14(20)18-13(15(21)19-22)16(2,3)17/h6-9,13,22H,10,17H2,1-3H3,(H,18,20)(H,19,21)/t13-/m0/s1. The van der Waals surface area contributed by atoms with E-state index in [4.69, 9.17) is 15.7 Å². The Morgan fingerprint density at radius 3 is 2.43 bits per heavy atom. The van der Waals surface area contributed by atoms with E-state index in [1.54, 1.807) is 45.0 Å². The minimum Gasteiger partial charge on any atom is -0.481 e. The largest absolute Gasteiger partial charge is 0.481 e. The van der Waals surface area contributed by atoms with Gasteiger partial charge in [-0.1, -0.05) is 5.92 Å². The molecule has 0 saturated carbocycles. The van der Waals surface area contributed by atoms with Crippen LogP contribution >= 0.6 is 0 Å². The molecule has 7 heteroatoms. The topological polar surface area (TPSA) is 114 Å². The van der Waals surface area contributed by atoms with E-state index in [1.165, 1.54) is 5.48 Å². The summed E-state index contributed by atoms with van der Waals surface area (Å²) in [6.45, 7) is 5.12. The molecule has 0 aromatic heterocycles. The van der Waals surface area contributed by atoms with E-state index in [1.807, 2.05) is 0 Å². The summed E-state index contributed by atoms with van der Waals surface area (Å²) in [5.41, 5.74) is 6.64. The Hall–Kier alpha value is -2.56. The lowest BCUT2D eigenvalue weighted by Crippen LogP contribution is -2.61. The second-order valence-electron chi connectivity index (χ2n) is 5.44. The van der Waals surface area contributed by atoms with Crippen molar-refractivity contribution in [3.63, 3.8) is 0 Å². The Balaban J connectivity index is 2.79. The third-order valence-corrected chi connectivity index (χ3v) is 3.00. The van der Waals surface area contributed by atoms with Crippen LogP contribution in [0.1, 0.15) is 31.1 Å². The number of carbonyl (C=O) groups is 2. The van der Waals surface area contributed by atoms with Crippen LogP contribution in [0.5, 0.6) is 5.75 Å². The van der Waals surface area contributed by atoms with E-state index in [0.717, 1.165) is 0 Å². The van der Waals surface area contributed by atoms with Crippen LogP contribution in [0.25, 0.3) is 0 Å². The predicted octanol–water partition coefficient (Wildman–Crippen LogP) is 0.430. The van der Waals surface area contributed by atoms with Gasteiger partial charge in [-0.25, -0.2) is 5.48 Å². The molecule has 0 saturated heterocycles. The molecular formula is C16H21N3O4. The van der Waals surface area contributed by atoms with E-state index >= 15 is 0 Å². The summed E-state index contributed by atoms with van der Waals surface area (Å²) in [7, 11) is 0. The number of nitrogens with two attached hydrogens (primary N) is 1. The van der Waals surface area contributed by atoms with Crippen molar-refractivity contribution in [3.05, 3.63) is 29.8 Å². The van der Waals surface area contributed by atoms with E-state index in [2.05, 4.69) is 17.2 Å². The number of hydrogen-bond donors (Lipinski definition) is 4. The van der Waals surface area contributed by atoms with Gasteiger partial charge in [0.15, 0.2) is 0 Å². The summed E-state index contributed by atoms with van der Waals surface area (Å²) in [6.07, 6.45) is 0. The van der Waals surface area contributed by atoms with Gasteiger partial charge in [0.25, 0.3) is 11.8 Å². The van der Waals surface area contributed by atoms with E-state index in [9.17, 15) is 9.59 Å². The molecule has 0 unspecified atom stereocenters. The van der Waals surface area contributed by atoms with Gasteiger partial charge in [0.2, 0.25) is 0 Å². The van der Waals surface area contributed by atoms with Crippen LogP contribution < -0.4 is 21.3 Å². The van der Waals surface area contributed by atoms with Crippen molar-refractivity contribution in [3.8, 4) is 17.6 Å². The molecule has 0 fully saturated rings. The van der Waals surface area contributed by atoms with Crippen LogP contribution in [-0.2, 0) is 4.79 Å². The highest BCUT2D eigenvalue weighted by Gasteiger charge is 2.33. The van der Waals surface area contributed by atoms with Gasteiger partial charge in [-0.2, -0.15) is 0 Å². The first kappa shape index (κ1) is 18.5. The van der Waals surface area contributed by atoms with Crippen molar-refractivity contribution < 1.29 is 19.5 Å². The summed E-state index contributed by atoms with van der Waals surface area (Å²) in [4.78, 5) is 23.8. The number of amides is 2. The molecule has 0 heterocycles.